The molecule has 4 aliphatic carbocycles. The van der Waals surface area contributed by atoms with Crippen LogP contribution in [0, 0.1) is 6.92 Å². The lowest BCUT2D eigenvalue weighted by atomic mass is 9.33. The molecule has 0 N–H and O–H groups in total. The van der Waals surface area contributed by atoms with Gasteiger partial charge in [0.05, 0.1) is 5.69 Å². The van der Waals surface area contributed by atoms with Crippen molar-refractivity contribution in [3.8, 4) is 11.1 Å². The van der Waals surface area contributed by atoms with Crippen LogP contribution in [0.2, 0.25) is 0 Å². The number of hydrogen-bond donors (Lipinski definition) is 0. The average Bonchev–Trinajstić information content (AvgIpc) is 3.65. The molecule has 4 heteroatoms. The van der Waals surface area contributed by atoms with Crippen LogP contribution in [0.5, 0.6) is 0 Å². The van der Waals surface area contributed by atoms with E-state index < -0.39 is 0 Å². The van der Waals surface area contributed by atoms with Gasteiger partial charge in [0.1, 0.15) is 5.58 Å². The first-order chi connectivity index (χ1) is 31.6. The molecule has 1 fully saturated rings. The van der Waals surface area contributed by atoms with E-state index in [0.717, 1.165) is 17.9 Å². The first-order valence-corrected chi connectivity index (χ1v) is 25.4. The van der Waals surface area contributed by atoms with Crippen molar-refractivity contribution in [3.63, 3.8) is 0 Å². The van der Waals surface area contributed by atoms with Crippen LogP contribution in [0.15, 0.2) is 114 Å². The van der Waals surface area contributed by atoms with Crippen molar-refractivity contribution in [1.82, 2.24) is 0 Å². The Bertz CT molecular complexity index is 3210. The summed E-state index contributed by atoms with van der Waals surface area (Å²) in [5, 5.41) is 1.28. The van der Waals surface area contributed by atoms with Gasteiger partial charge >= 0.3 is 0 Å². The van der Waals surface area contributed by atoms with Gasteiger partial charge in [0.2, 0.25) is 5.88 Å². The number of rotatable bonds is 3. The molecule has 0 unspecified atom stereocenters. The van der Waals surface area contributed by atoms with Crippen molar-refractivity contribution < 1.29 is 4.42 Å². The second kappa shape index (κ2) is 13.8. The first kappa shape index (κ1) is 42.8. The second-order valence-electron chi connectivity index (χ2n) is 25.5. The molecule has 6 aromatic carbocycles. The summed E-state index contributed by atoms with van der Waals surface area (Å²) in [7, 11) is 0. The molecule has 2 bridgehead atoms. The molecule has 1 saturated carbocycles. The molecule has 13 rings (SSSR count). The molecule has 1 aromatic heterocycles. The Morgan fingerprint density at radius 1 is 0.507 bits per heavy atom. The number of fused-ring (bicyclic) bond motifs is 9. The molecule has 3 heterocycles. The molecule has 0 spiro atoms. The van der Waals surface area contributed by atoms with Crippen molar-refractivity contribution in [3.05, 3.63) is 148 Å². The van der Waals surface area contributed by atoms with Crippen LogP contribution in [0.1, 0.15) is 161 Å². The predicted octanol–water partition coefficient (Wildman–Crippen LogP) is 15.5. The van der Waals surface area contributed by atoms with Gasteiger partial charge in [0.15, 0.2) is 0 Å². The average molecular weight is 881 g/mol. The zero-order valence-electron chi connectivity index (χ0n) is 42.5. The van der Waals surface area contributed by atoms with Gasteiger partial charge in [-0.05, 0) is 188 Å². The van der Waals surface area contributed by atoms with Crippen LogP contribution in [-0.2, 0) is 32.5 Å². The first-order valence-electron chi connectivity index (χ1n) is 25.4. The van der Waals surface area contributed by atoms with Gasteiger partial charge in [-0.3, -0.25) is 4.90 Å². The van der Waals surface area contributed by atoms with Gasteiger partial charge < -0.3 is 9.32 Å². The minimum atomic E-state index is -0.0478. The Kier molecular flexibility index (Phi) is 8.84. The highest BCUT2D eigenvalue weighted by Gasteiger charge is 2.51. The summed E-state index contributed by atoms with van der Waals surface area (Å²) in [6.45, 7) is 31.2. The van der Waals surface area contributed by atoms with Gasteiger partial charge in [-0.2, -0.15) is 0 Å². The summed E-state index contributed by atoms with van der Waals surface area (Å²) >= 11 is 0. The SMILES string of the molecule is Cc1cc2c3c(c1)N(c1ccc4c(c1)C(C)(C)CCC4(C)C)c1oc4cc5c(cc4c1B3c1cc(C(C)(C)C)ccc1N2c1ccc(C(C)(C)C)cc1-c1ccccc1)C1(C)CCC5(C)CC1. The standard InChI is InChI=1S/C63H69BN2O/c1-38-31-52-56-53(32-38)66(50-23-19-40(58(2,3)4)33-43(50)39-17-15-14-16-18-39)51-24-20-41(59(5,6)7)34-49(51)64(56)55-44-36-47-48(63(13)29-27-62(47,12)28-30-63)37-54(44)67-57(55)65(52)42-21-22-45-46(35-42)61(10,11)26-25-60(45,8)9/h14-24,31-37H,25-30H2,1-13H3. The van der Waals surface area contributed by atoms with Gasteiger partial charge in [-0.15, -0.1) is 0 Å². The quantitative estimate of drug-likeness (QED) is 0.165. The Morgan fingerprint density at radius 3 is 1.73 bits per heavy atom. The van der Waals surface area contributed by atoms with Gasteiger partial charge in [0, 0.05) is 39.2 Å². The van der Waals surface area contributed by atoms with Gasteiger partial charge in [0.25, 0.3) is 6.71 Å². The van der Waals surface area contributed by atoms with Crippen LogP contribution in [-0.4, -0.2) is 6.71 Å². The fourth-order valence-corrected chi connectivity index (χ4v) is 13.3. The molecule has 6 aliphatic rings. The normalized spacial score (nSPS) is 22.0. The van der Waals surface area contributed by atoms with Crippen molar-refractivity contribution in [2.24, 2.45) is 0 Å². The Balaban J connectivity index is 1.21. The van der Waals surface area contributed by atoms with Crippen LogP contribution >= 0.6 is 0 Å². The molecule has 0 radical (unpaired) electrons. The molecule has 3 nitrogen and oxygen atoms in total. The molecule has 2 aliphatic heterocycles. The number of nitrogens with zero attached hydrogens (tertiary/aromatic N) is 2. The van der Waals surface area contributed by atoms with E-state index in [1.54, 1.807) is 5.56 Å². The summed E-state index contributed by atoms with van der Waals surface area (Å²) < 4.78 is 7.60. The van der Waals surface area contributed by atoms with Crippen LogP contribution in [0.3, 0.4) is 0 Å². The summed E-state index contributed by atoms with van der Waals surface area (Å²) in [6, 6.07) is 43.2. The topological polar surface area (TPSA) is 19.6 Å². The van der Waals surface area contributed by atoms with Gasteiger partial charge in [-0.25, -0.2) is 0 Å². The van der Waals surface area contributed by atoms with E-state index in [1.165, 1.54) is 127 Å². The van der Waals surface area contributed by atoms with Crippen LogP contribution in [0.4, 0.5) is 34.3 Å². The van der Waals surface area contributed by atoms with E-state index in [2.05, 4.69) is 209 Å². The van der Waals surface area contributed by atoms with Gasteiger partial charge in [-0.1, -0.05) is 138 Å². The lowest BCUT2D eigenvalue weighted by molar-refractivity contribution is 0.188. The zero-order chi connectivity index (χ0) is 47.0. The fourth-order valence-electron chi connectivity index (χ4n) is 13.3. The van der Waals surface area contributed by atoms with Crippen molar-refractivity contribution >= 4 is 68.4 Å². The van der Waals surface area contributed by atoms with Crippen molar-refractivity contribution in [1.29, 1.82) is 0 Å². The number of furan rings is 1. The number of aryl methyl sites for hydroxylation is 1. The van der Waals surface area contributed by atoms with E-state index in [-0.39, 0.29) is 39.2 Å². The summed E-state index contributed by atoms with van der Waals surface area (Å²) in [5.74, 6) is 0.974. The third kappa shape index (κ3) is 6.22. The Morgan fingerprint density at radius 2 is 1.09 bits per heavy atom. The third-order valence-corrected chi connectivity index (χ3v) is 17.9. The molecular weight excluding hydrogens is 812 g/mol. The second-order valence-corrected chi connectivity index (χ2v) is 25.5. The van der Waals surface area contributed by atoms with Crippen molar-refractivity contribution in [2.75, 3.05) is 9.80 Å². The van der Waals surface area contributed by atoms with E-state index in [0.29, 0.717) is 0 Å². The highest BCUT2D eigenvalue weighted by atomic mass is 16.4. The monoisotopic (exact) mass is 881 g/mol. The van der Waals surface area contributed by atoms with E-state index >= 15 is 0 Å². The zero-order valence-corrected chi connectivity index (χ0v) is 42.5. The van der Waals surface area contributed by atoms with E-state index in [4.69, 9.17) is 4.42 Å². The summed E-state index contributed by atoms with van der Waals surface area (Å²) in [4.78, 5) is 5.18. The van der Waals surface area contributed by atoms with Crippen LogP contribution < -0.4 is 26.2 Å². The summed E-state index contributed by atoms with van der Waals surface area (Å²) in [6.07, 6.45) is 7.33. The smallest absolute Gasteiger partial charge is 0.257 e. The highest BCUT2D eigenvalue weighted by Crippen LogP contribution is 2.58. The van der Waals surface area contributed by atoms with Crippen LogP contribution in [0.25, 0.3) is 22.1 Å². The lowest BCUT2D eigenvalue weighted by Crippen LogP contribution is -2.61. The van der Waals surface area contributed by atoms with E-state index in [9.17, 15) is 0 Å². The fraction of sp³-hybridized carbons (Fsp3) is 0.397. The Hall–Kier alpha value is -5.48. The predicted molar refractivity (Wildman–Crippen MR) is 286 cm³/mol. The number of anilines is 6. The third-order valence-electron chi connectivity index (χ3n) is 17.9. The molecule has 340 valence electrons. The molecule has 0 amide bonds. The largest absolute Gasteiger partial charge is 0.440 e. The minimum Gasteiger partial charge on any atom is -0.440 e. The summed E-state index contributed by atoms with van der Waals surface area (Å²) in [5.41, 5.74) is 24.0. The minimum absolute atomic E-state index is 0.0118. The Labute approximate surface area is 401 Å². The number of benzene rings is 6. The molecule has 0 atom stereocenters. The maximum atomic E-state index is 7.60. The highest BCUT2D eigenvalue weighted by molar-refractivity contribution is 7.01. The number of hydrogen-bond acceptors (Lipinski definition) is 3. The molecule has 0 saturated heterocycles. The molecular formula is C63H69BN2O. The lowest BCUT2D eigenvalue weighted by Gasteiger charge is -2.52. The maximum absolute atomic E-state index is 7.60. The molecule has 67 heavy (non-hydrogen) atoms. The molecule has 7 aromatic rings. The maximum Gasteiger partial charge on any atom is 0.257 e. The van der Waals surface area contributed by atoms with Crippen molar-refractivity contribution in [2.45, 2.75) is 161 Å². The van der Waals surface area contributed by atoms with E-state index in [1.807, 2.05) is 0 Å².